The van der Waals surface area contributed by atoms with Crippen molar-refractivity contribution in [3.63, 3.8) is 0 Å². The summed E-state index contributed by atoms with van der Waals surface area (Å²) >= 11 is 1.12. The molecule has 8 heteroatoms. The van der Waals surface area contributed by atoms with E-state index in [1.165, 1.54) is 19.2 Å². The molecule has 114 valence electrons. The fourth-order valence-corrected chi connectivity index (χ4v) is 3.98. The van der Waals surface area contributed by atoms with Crippen LogP contribution in [0.3, 0.4) is 0 Å². The van der Waals surface area contributed by atoms with Crippen molar-refractivity contribution in [3.05, 3.63) is 41.0 Å². The van der Waals surface area contributed by atoms with Crippen molar-refractivity contribution >= 4 is 27.0 Å². The first-order chi connectivity index (χ1) is 9.96. The molecule has 2 aromatic rings. The van der Waals surface area contributed by atoms with Crippen LogP contribution in [-0.4, -0.2) is 22.6 Å². The summed E-state index contributed by atoms with van der Waals surface area (Å²) in [5, 5.41) is 4.71. The molecule has 0 aliphatic heterocycles. The molecule has 1 aromatic heterocycles. The normalized spacial score (nSPS) is 11.4. The predicted octanol–water partition coefficient (Wildman–Crippen LogP) is 2.42. The van der Waals surface area contributed by atoms with Crippen LogP contribution in [0.1, 0.15) is 5.56 Å². The fraction of sp³-hybridized carbons (Fsp3) is 0.231. The Morgan fingerprint density at radius 1 is 1.33 bits per heavy atom. The van der Waals surface area contributed by atoms with E-state index in [1.807, 2.05) is 0 Å². The maximum Gasteiger partial charge on any atom is 0.271 e. The maximum absolute atomic E-state index is 13.6. The number of methoxy groups -OCH3 is 1. The molecular weight excluding hydrogens is 315 g/mol. The third kappa shape index (κ3) is 3.72. The molecule has 1 aromatic carbocycles. The minimum absolute atomic E-state index is 0.0605. The van der Waals surface area contributed by atoms with Gasteiger partial charge in [-0.1, -0.05) is 0 Å². The van der Waals surface area contributed by atoms with Crippen LogP contribution in [0, 0.1) is 5.82 Å². The summed E-state index contributed by atoms with van der Waals surface area (Å²) in [5.41, 5.74) is 1.03. The van der Waals surface area contributed by atoms with Gasteiger partial charge in [0.15, 0.2) is 11.6 Å². The van der Waals surface area contributed by atoms with E-state index in [4.69, 9.17) is 4.74 Å². The Labute approximate surface area is 126 Å². The monoisotopic (exact) mass is 330 g/mol. The number of anilines is 1. The Hall–Kier alpha value is -1.64. The van der Waals surface area contributed by atoms with E-state index in [2.05, 4.69) is 10.0 Å². The van der Waals surface area contributed by atoms with Gasteiger partial charge in [-0.05, 0) is 36.2 Å². The molecule has 0 spiro atoms. The Bertz CT molecular complexity index is 729. The first-order valence-corrected chi connectivity index (χ1v) is 8.41. The van der Waals surface area contributed by atoms with E-state index in [-0.39, 0.29) is 15.6 Å². The van der Waals surface area contributed by atoms with E-state index in [0.29, 0.717) is 6.54 Å². The van der Waals surface area contributed by atoms with E-state index in [1.54, 1.807) is 18.5 Å². The van der Waals surface area contributed by atoms with Crippen LogP contribution in [0.4, 0.5) is 10.1 Å². The van der Waals surface area contributed by atoms with Crippen LogP contribution in [0.5, 0.6) is 5.75 Å². The lowest BCUT2D eigenvalue weighted by Gasteiger charge is -2.08. The minimum atomic E-state index is -3.71. The second-order valence-corrected chi connectivity index (χ2v) is 7.08. The summed E-state index contributed by atoms with van der Waals surface area (Å²) in [7, 11) is -0.587. The highest BCUT2D eigenvalue weighted by Gasteiger charge is 2.17. The zero-order valence-electron chi connectivity index (χ0n) is 11.5. The fourth-order valence-electron chi connectivity index (χ4n) is 1.73. The number of ether oxygens (including phenoxy) is 1. The average Bonchev–Trinajstić information content (AvgIpc) is 2.88. The molecule has 0 bridgehead atoms. The molecule has 21 heavy (non-hydrogen) atoms. The molecule has 2 N–H and O–H groups in total. The highest BCUT2D eigenvalue weighted by atomic mass is 32.2. The molecule has 0 saturated carbocycles. The SMILES string of the molecule is CNCc1csc(S(=O)(=O)Nc2ccc(OC)c(F)c2)c1. The summed E-state index contributed by atoms with van der Waals surface area (Å²) in [5.74, 6) is -0.565. The van der Waals surface area contributed by atoms with E-state index in [9.17, 15) is 12.8 Å². The van der Waals surface area contributed by atoms with Gasteiger partial charge < -0.3 is 10.1 Å². The second-order valence-electron chi connectivity index (χ2n) is 4.26. The van der Waals surface area contributed by atoms with Crippen molar-refractivity contribution in [1.29, 1.82) is 0 Å². The average molecular weight is 330 g/mol. The van der Waals surface area contributed by atoms with Crippen LogP contribution < -0.4 is 14.8 Å². The molecule has 0 fully saturated rings. The third-order valence-electron chi connectivity index (χ3n) is 2.68. The second kappa shape index (κ2) is 6.42. The van der Waals surface area contributed by atoms with Crippen molar-refractivity contribution in [2.75, 3.05) is 18.9 Å². The van der Waals surface area contributed by atoms with Gasteiger partial charge in [-0.25, -0.2) is 12.8 Å². The van der Waals surface area contributed by atoms with Gasteiger partial charge in [0, 0.05) is 12.6 Å². The lowest BCUT2D eigenvalue weighted by atomic mass is 10.3. The summed E-state index contributed by atoms with van der Waals surface area (Å²) in [4.78, 5) is 0. The van der Waals surface area contributed by atoms with Crippen LogP contribution >= 0.6 is 11.3 Å². The molecule has 0 amide bonds. The molecule has 0 unspecified atom stereocenters. The molecule has 2 rings (SSSR count). The summed E-state index contributed by atoms with van der Waals surface area (Å²) in [6, 6.07) is 5.48. The first kappa shape index (κ1) is 15.7. The van der Waals surface area contributed by atoms with Gasteiger partial charge in [0.25, 0.3) is 10.0 Å². The molecule has 0 saturated heterocycles. The van der Waals surface area contributed by atoms with E-state index < -0.39 is 15.8 Å². The van der Waals surface area contributed by atoms with Gasteiger partial charge >= 0.3 is 0 Å². The number of hydrogen-bond acceptors (Lipinski definition) is 5. The number of hydrogen-bond donors (Lipinski definition) is 2. The third-order valence-corrected chi connectivity index (χ3v) is 5.55. The first-order valence-electron chi connectivity index (χ1n) is 6.04. The number of nitrogens with one attached hydrogen (secondary N) is 2. The van der Waals surface area contributed by atoms with Crippen molar-refractivity contribution < 1.29 is 17.5 Å². The van der Waals surface area contributed by atoms with Crippen molar-refractivity contribution in [2.45, 2.75) is 10.8 Å². The smallest absolute Gasteiger partial charge is 0.271 e. The lowest BCUT2D eigenvalue weighted by molar-refractivity contribution is 0.386. The van der Waals surface area contributed by atoms with Crippen LogP contribution in [-0.2, 0) is 16.6 Å². The predicted molar refractivity (Wildman–Crippen MR) is 80.8 cm³/mol. The standard InChI is InChI=1S/C13H15FN2O3S2/c1-15-7-9-5-13(20-8-9)21(17,18)16-10-3-4-12(19-2)11(14)6-10/h3-6,8,15-16H,7H2,1-2H3. The van der Waals surface area contributed by atoms with Gasteiger partial charge in [-0.3, -0.25) is 4.72 Å². The Morgan fingerprint density at radius 2 is 2.10 bits per heavy atom. The quantitative estimate of drug-likeness (QED) is 0.853. The van der Waals surface area contributed by atoms with E-state index >= 15 is 0 Å². The highest BCUT2D eigenvalue weighted by Crippen LogP contribution is 2.25. The summed E-state index contributed by atoms with van der Waals surface area (Å²) < 4.78 is 45.3. The Balaban J connectivity index is 2.22. The molecule has 0 atom stereocenters. The lowest BCUT2D eigenvalue weighted by Crippen LogP contribution is -2.12. The minimum Gasteiger partial charge on any atom is -0.494 e. The van der Waals surface area contributed by atoms with Gasteiger partial charge in [-0.2, -0.15) is 0 Å². The number of sulfonamides is 1. The Morgan fingerprint density at radius 3 is 2.71 bits per heavy atom. The molecule has 1 heterocycles. The number of thiophene rings is 1. The zero-order valence-corrected chi connectivity index (χ0v) is 13.1. The number of benzene rings is 1. The zero-order chi connectivity index (χ0) is 15.5. The topological polar surface area (TPSA) is 67.4 Å². The Kier molecular flexibility index (Phi) is 4.81. The van der Waals surface area contributed by atoms with Gasteiger partial charge in [0.1, 0.15) is 4.21 Å². The summed E-state index contributed by atoms with van der Waals surface area (Å²) in [6.07, 6.45) is 0. The van der Waals surface area contributed by atoms with Crippen molar-refractivity contribution in [3.8, 4) is 5.75 Å². The van der Waals surface area contributed by atoms with Crippen molar-refractivity contribution in [1.82, 2.24) is 5.32 Å². The van der Waals surface area contributed by atoms with E-state index in [0.717, 1.165) is 23.0 Å². The van der Waals surface area contributed by atoms with Crippen LogP contribution in [0.25, 0.3) is 0 Å². The van der Waals surface area contributed by atoms with Gasteiger partial charge in [0.2, 0.25) is 0 Å². The maximum atomic E-state index is 13.6. The van der Waals surface area contributed by atoms with Crippen LogP contribution in [0.2, 0.25) is 0 Å². The van der Waals surface area contributed by atoms with Gasteiger partial charge in [-0.15, -0.1) is 11.3 Å². The summed E-state index contributed by atoms with van der Waals surface area (Å²) in [6.45, 7) is 0.586. The molecule has 0 aliphatic carbocycles. The molecular formula is C13H15FN2O3S2. The van der Waals surface area contributed by atoms with Gasteiger partial charge in [0.05, 0.1) is 12.8 Å². The highest BCUT2D eigenvalue weighted by molar-refractivity contribution is 7.94. The largest absolute Gasteiger partial charge is 0.494 e. The molecule has 0 aliphatic rings. The van der Waals surface area contributed by atoms with Crippen molar-refractivity contribution in [2.24, 2.45) is 0 Å². The number of rotatable bonds is 6. The molecule has 5 nitrogen and oxygen atoms in total. The number of halogens is 1. The van der Waals surface area contributed by atoms with Crippen LogP contribution in [0.15, 0.2) is 33.9 Å². The molecule has 0 radical (unpaired) electrons.